The van der Waals surface area contributed by atoms with Gasteiger partial charge in [0.25, 0.3) is 0 Å². The molecule has 0 aromatic rings. The molecule has 0 saturated carbocycles. The molecule has 0 aromatic heterocycles. The van der Waals surface area contributed by atoms with Crippen molar-refractivity contribution in [3.8, 4) is 0 Å². The van der Waals surface area contributed by atoms with Crippen LogP contribution < -0.4 is 0 Å². The summed E-state index contributed by atoms with van der Waals surface area (Å²) in [4.78, 5) is 11.5. The zero-order chi connectivity index (χ0) is 31.5. The average molecular weight is 621 g/mol. The Bertz CT molecular complexity index is 554. The van der Waals surface area contributed by atoms with Crippen molar-refractivity contribution in [2.75, 3.05) is 92.5 Å². The molecular weight excluding hydrogens is 552 g/mol. The van der Waals surface area contributed by atoms with E-state index in [4.69, 9.17) is 37.9 Å². The summed E-state index contributed by atoms with van der Waals surface area (Å²) in [7, 11) is 0. The Morgan fingerprint density at radius 2 is 0.674 bits per heavy atom. The Balaban J connectivity index is 3.09. The van der Waals surface area contributed by atoms with Crippen molar-refractivity contribution in [1.82, 2.24) is 0 Å². The van der Waals surface area contributed by atoms with Crippen molar-refractivity contribution in [1.29, 1.82) is 0 Å². The number of rotatable bonds is 35. The van der Waals surface area contributed by atoms with Gasteiger partial charge in [0.05, 0.1) is 79.3 Å². The predicted molar refractivity (Wildman–Crippen MR) is 172 cm³/mol. The van der Waals surface area contributed by atoms with Gasteiger partial charge >= 0.3 is 5.97 Å². The summed E-state index contributed by atoms with van der Waals surface area (Å²) < 4.78 is 43.4. The fraction of sp³-hybridized carbons (Fsp3) is 0.971. The van der Waals surface area contributed by atoms with Crippen LogP contribution in [0, 0.1) is 0 Å². The van der Waals surface area contributed by atoms with Crippen LogP contribution in [0.1, 0.15) is 118 Å². The number of carbonyl (C=O) groups excluding carboxylic acids is 1. The number of unbranched alkanes of at least 4 members (excludes halogenated alkanes) is 13. The van der Waals surface area contributed by atoms with Gasteiger partial charge in [0.2, 0.25) is 0 Å². The van der Waals surface area contributed by atoms with E-state index in [1.165, 1.54) is 83.5 Å². The number of ether oxygens (including phenoxy) is 8. The third-order valence-corrected chi connectivity index (χ3v) is 6.51. The second-order valence-electron chi connectivity index (χ2n) is 11.9. The second-order valence-corrected chi connectivity index (χ2v) is 11.9. The molecule has 0 rings (SSSR count). The molecule has 0 spiro atoms. The van der Waals surface area contributed by atoms with Crippen molar-refractivity contribution in [2.45, 2.75) is 123 Å². The molecule has 258 valence electrons. The van der Waals surface area contributed by atoms with Gasteiger partial charge in [0, 0.05) is 6.61 Å². The van der Waals surface area contributed by atoms with E-state index in [2.05, 4.69) is 6.92 Å². The first-order valence-corrected chi connectivity index (χ1v) is 17.2. The van der Waals surface area contributed by atoms with Gasteiger partial charge in [-0.3, -0.25) is 0 Å². The highest BCUT2D eigenvalue weighted by molar-refractivity contribution is 5.71. The minimum Gasteiger partial charge on any atom is -0.458 e. The van der Waals surface area contributed by atoms with Crippen LogP contribution in [0.5, 0.6) is 0 Å². The third kappa shape index (κ3) is 39.2. The van der Waals surface area contributed by atoms with Gasteiger partial charge < -0.3 is 37.9 Å². The lowest BCUT2D eigenvalue weighted by Crippen LogP contribution is -2.27. The minimum atomic E-state index is -0.499. The maximum atomic E-state index is 11.5. The Labute approximate surface area is 264 Å². The lowest BCUT2D eigenvalue weighted by atomic mass is 10.0. The first kappa shape index (κ1) is 42.2. The molecule has 0 aromatic carbocycles. The molecule has 43 heavy (non-hydrogen) atoms. The van der Waals surface area contributed by atoms with Gasteiger partial charge in [-0.15, -0.1) is 0 Å². The summed E-state index contributed by atoms with van der Waals surface area (Å²) in [5.74, 6) is -0.374. The topological polar surface area (TPSA) is 90.9 Å². The highest BCUT2D eigenvalue weighted by Crippen LogP contribution is 2.13. The highest BCUT2D eigenvalue weighted by atomic mass is 16.6. The van der Waals surface area contributed by atoms with Gasteiger partial charge in [-0.25, -0.2) is 4.79 Å². The Hall–Kier alpha value is -0.810. The summed E-state index contributed by atoms with van der Waals surface area (Å²) >= 11 is 0. The first-order chi connectivity index (χ1) is 21.0. The van der Waals surface area contributed by atoms with E-state index in [9.17, 15) is 4.79 Å². The van der Waals surface area contributed by atoms with Gasteiger partial charge in [0.1, 0.15) is 12.2 Å². The Morgan fingerprint density at radius 1 is 0.395 bits per heavy atom. The van der Waals surface area contributed by atoms with E-state index in [1.54, 1.807) is 0 Å². The second kappa shape index (κ2) is 34.1. The fourth-order valence-corrected chi connectivity index (χ4v) is 4.24. The van der Waals surface area contributed by atoms with E-state index < -0.39 is 5.60 Å². The zero-order valence-electron chi connectivity index (χ0n) is 28.5. The molecule has 0 heterocycles. The van der Waals surface area contributed by atoms with Crippen LogP contribution in [-0.4, -0.2) is 104 Å². The molecule has 0 fully saturated rings. The molecule has 0 N–H and O–H groups in total. The third-order valence-electron chi connectivity index (χ3n) is 6.51. The van der Waals surface area contributed by atoms with Crippen molar-refractivity contribution in [3.63, 3.8) is 0 Å². The molecule has 0 radical (unpaired) electrons. The number of carbonyl (C=O) groups is 1. The molecule has 0 bridgehead atoms. The maximum absolute atomic E-state index is 11.5. The summed E-state index contributed by atoms with van der Waals surface area (Å²) in [6.07, 6.45) is 19.2. The van der Waals surface area contributed by atoms with Crippen LogP contribution in [0.2, 0.25) is 0 Å². The molecule has 0 aliphatic heterocycles. The average Bonchev–Trinajstić information content (AvgIpc) is 2.96. The van der Waals surface area contributed by atoms with Crippen LogP contribution >= 0.6 is 0 Å². The standard InChI is InChI=1S/C34H68O9/c1-5-6-7-8-9-10-11-12-13-14-15-16-17-18-19-36-20-21-37-22-23-38-24-25-39-26-27-40-28-29-41-30-31-42-32-33(35)43-34(2,3)4/h5-32H2,1-4H3. The van der Waals surface area contributed by atoms with Gasteiger partial charge in [-0.05, 0) is 27.2 Å². The summed E-state index contributed by atoms with van der Waals surface area (Å²) in [6.45, 7) is 14.6. The molecule has 0 aliphatic carbocycles. The largest absolute Gasteiger partial charge is 0.458 e. The Morgan fingerprint density at radius 3 is 1.00 bits per heavy atom. The van der Waals surface area contributed by atoms with Crippen molar-refractivity contribution >= 4 is 5.97 Å². The Kier molecular flexibility index (Phi) is 33.4. The quantitative estimate of drug-likeness (QED) is 0.0553. The first-order valence-electron chi connectivity index (χ1n) is 17.2. The van der Waals surface area contributed by atoms with Crippen LogP contribution in [0.25, 0.3) is 0 Å². The fourth-order valence-electron chi connectivity index (χ4n) is 4.24. The van der Waals surface area contributed by atoms with Gasteiger partial charge in [-0.2, -0.15) is 0 Å². The highest BCUT2D eigenvalue weighted by Gasteiger charge is 2.15. The van der Waals surface area contributed by atoms with Crippen LogP contribution in [0.3, 0.4) is 0 Å². The normalized spacial score (nSPS) is 11.8. The monoisotopic (exact) mass is 620 g/mol. The van der Waals surface area contributed by atoms with E-state index in [0.29, 0.717) is 79.3 Å². The van der Waals surface area contributed by atoms with Crippen LogP contribution in [0.15, 0.2) is 0 Å². The van der Waals surface area contributed by atoms with Crippen molar-refractivity contribution < 1.29 is 42.7 Å². The minimum absolute atomic E-state index is 0.0697. The molecular formula is C34H68O9. The number of hydrogen-bond acceptors (Lipinski definition) is 9. The molecule has 0 saturated heterocycles. The van der Waals surface area contributed by atoms with E-state index in [0.717, 1.165) is 13.0 Å². The molecule has 0 unspecified atom stereocenters. The number of esters is 1. The summed E-state index contributed by atoms with van der Waals surface area (Å²) in [5, 5.41) is 0. The van der Waals surface area contributed by atoms with Crippen LogP contribution in [-0.2, 0) is 42.7 Å². The number of hydrogen-bond donors (Lipinski definition) is 0. The van der Waals surface area contributed by atoms with Gasteiger partial charge in [0.15, 0.2) is 0 Å². The summed E-state index contributed by atoms with van der Waals surface area (Å²) in [6, 6.07) is 0. The van der Waals surface area contributed by atoms with Crippen molar-refractivity contribution in [2.24, 2.45) is 0 Å². The smallest absolute Gasteiger partial charge is 0.332 e. The van der Waals surface area contributed by atoms with E-state index in [1.807, 2.05) is 20.8 Å². The lowest BCUT2D eigenvalue weighted by Gasteiger charge is -2.19. The van der Waals surface area contributed by atoms with E-state index in [-0.39, 0.29) is 12.6 Å². The lowest BCUT2D eigenvalue weighted by molar-refractivity contribution is -0.160. The van der Waals surface area contributed by atoms with E-state index >= 15 is 0 Å². The van der Waals surface area contributed by atoms with Crippen molar-refractivity contribution in [3.05, 3.63) is 0 Å². The van der Waals surface area contributed by atoms with Gasteiger partial charge in [-0.1, -0.05) is 90.4 Å². The predicted octanol–water partition coefficient (Wildman–Crippen LogP) is 6.93. The SMILES string of the molecule is CCCCCCCCCCCCCCCCOCCOCCOCCOCCOCCOCCOCC(=O)OC(C)(C)C. The molecule has 9 heteroatoms. The molecule has 0 aliphatic rings. The molecule has 9 nitrogen and oxygen atoms in total. The maximum Gasteiger partial charge on any atom is 0.332 e. The summed E-state index contributed by atoms with van der Waals surface area (Å²) in [5.41, 5.74) is -0.499. The molecule has 0 atom stereocenters. The molecule has 0 amide bonds. The van der Waals surface area contributed by atoms with Crippen LogP contribution in [0.4, 0.5) is 0 Å². The zero-order valence-corrected chi connectivity index (χ0v) is 28.5.